The van der Waals surface area contributed by atoms with Crippen molar-refractivity contribution in [2.45, 2.75) is 52.6 Å². The van der Waals surface area contributed by atoms with Gasteiger partial charge in [0, 0.05) is 54.0 Å². The van der Waals surface area contributed by atoms with Gasteiger partial charge in [0.2, 0.25) is 0 Å². The van der Waals surface area contributed by atoms with Crippen LogP contribution >= 0.6 is 34.0 Å². The lowest BCUT2D eigenvalue weighted by Gasteiger charge is -2.13. The van der Waals surface area contributed by atoms with Crippen LogP contribution in [0.4, 0.5) is 0 Å². The lowest BCUT2D eigenvalue weighted by Crippen LogP contribution is -1.94. The Bertz CT molecular complexity index is 4520. The van der Waals surface area contributed by atoms with E-state index < -0.39 is 24.0 Å². The maximum atomic E-state index is 10.7. The number of aliphatic hydroxyl groups excluding tert-OH is 1. The number of rotatable bonds is 18. The molecule has 1 atom stereocenters. The molecule has 5 heterocycles. The number of aromatic hydroxyl groups is 3. The van der Waals surface area contributed by atoms with Gasteiger partial charge in [-0.15, -0.1) is 34.0 Å². The number of phenols is 3. The van der Waals surface area contributed by atoms with E-state index in [9.17, 15) is 34.8 Å². The largest absolute Gasteiger partial charge is 0.508 e. The summed E-state index contributed by atoms with van der Waals surface area (Å²) < 4.78 is 27.2. The number of carboxylic acids is 3. The molecule has 7 aromatic carbocycles. The molecule has 0 aliphatic rings. The van der Waals surface area contributed by atoms with E-state index in [-0.39, 0.29) is 23.2 Å². The van der Waals surface area contributed by atoms with Crippen LogP contribution in [0.25, 0.3) is 80.0 Å². The van der Waals surface area contributed by atoms with Crippen LogP contribution in [0.3, 0.4) is 0 Å². The molecule has 0 radical (unpaired) electrons. The smallest absolute Gasteiger partial charge is 0.328 e. The number of phenolic OH excluding ortho intramolecular Hbond substituents is 3. The van der Waals surface area contributed by atoms with Crippen molar-refractivity contribution in [1.82, 2.24) is 9.97 Å². The fourth-order valence-electron chi connectivity index (χ4n) is 9.79. The molecule has 0 unspecified atom stereocenters. The first-order chi connectivity index (χ1) is 44.3. The van der Waals surface area contributed by atoms with Crippen molar-refractivity contribution in [3.05, 3.63) is 228 Å². The van der Waals surface area contributed by atoms with E-state index in [1.165, 1.54) is 52.9 Å². The number of pyridine rings is 1. The first-order valence-corrected chi connectivity index (χ1v) is 31.2. The van der Waals surface area contributed by atoms with Crippen molar-refractivity contribution in [3.8, 4) is 83.3 Å². The molecule has 0 aliphatic carbocycles. The molecular formula is C73H60N2O14S3. The van der Waals surface area contributed by atoms with Gasteiger partial charge in [0.1, 0.15) is 39.4 Å². The predicted octanol–water partition coefficient (Wildman–Crippen LogP) is 19.2. The van der Waals surface area contributed by atoms with Crippen LogP contribution in [-0.2, 0) is 14.4 Å². The summed E-state index contributed by atoms with van der Waals surface area (Å²) in [5, 5.41) is 69.0. The van der Waals surface area contributed by atoms with Crippen molar-refractivity contribution >= 4 is 100 Å². The number of aromatic nitrogens is 2. The third-order valence-corrected chi connectivity index (χ3v) is 17.6. The zero-order chi connectivity index (χ0) is 65.2. The fraction of sp³-hybridized carbons (Fsp3) is 0.110. The van der Waals surface area contributed by atoms with E-state index in [0.717, 1.165) is 96.6 Å². The van der Waals surface area contributed by atoms with Gasteiger partial charge in [-0.2, -0.15) is 0 Å². The second-order valence-electron chi connectivity index (χ2n) is 21.4. The molecule has 0 spiro atoms. The van der Waals surface area contributed by atoms with Crippen molar-refractivity contribution < 1.29 is 68.8 Å². The molecule has 7 N–H and O–H groups in total. The number of nitrogens with zero attached hydrogens (tertiary/aromatic N) is 2. The van der Waals surface area contributed by atoms with E-state index in [4.69, 9.17) is 33.9 Å². The van der Waals surface area contributed by atoms with Crippen LogP contribution in [0.1, 0.15) is 86.2 Å². The van der Waals surface area contributed by atoms with Crippen molar-refractivity contribution in [1.29, 1.82) is 0 Å². The number of carboxylic acid groups (broad SMARTS) is 3. The van der Waals surface area contributed by atoms with E-state index >= 15 is 0 Å². The van der Waals surface area contributed by atoms with Gasteiger partial charge in [-0.1, -0.05) is 100 Å². The Balaban J connectivity index is 0.000000151. The molecule has 19 heteroatoms. The minimum Gasteiger partial charge on any atom is -0.508 e. The summed E-state index contributed by atoms with van der Waals surface area (Å²) >= 11 is 4.52. The van der Waals surface area contributed by atoms with Crippen LogP contribution in [0.5, 0.6) is 51.7 Å². The van der Waals surface area contributed by atoms with Gasteiger partial charge in [0.15, 0.2) is 29.4 Å². The molecule has 16 nitrogen and oxygen atoms in total. The second kappa shape index (κ2) is 28.8. The molecule has 0 bridgehead atoms. The standard InChI is InChI=1S/C25H21NO4S.C25H20O5S.C23H19NO5S/c1-15(2)19-5-3-4-6-20(19)25-24(21-11-9-17(27)13-22(21)31-25)30-18-10-7-16(26-14-18)8-12-23(28)29;1-15(26)19-4-2-3-5-20(19)25-24(21-12-9-17(27)14-22(21)31-25)30-18-10-6-16(7-11-18)8-13-23(28)29;1-13(2)20-22(28-12-24-20)23-21(17-9-6-15(25)11-18(17)30-23)29-16-7-3-14(4-8-16)5-10-19(26)27/h3-15,27H,1-2H3,(H,28,29);2-15,26-27H,1H3,(H,28,29);3-13,25H,1-2H3,(H,26,27)/b12-8+;13-8+;10-5+/t;15-;/m.1./s1. The van der Waals surface area contributed by atoms with Crippen LogP contribution in [-0.4, -0.2) is 63.6 Å². The Morgan fingerprint density at radius 1 is 0.467 bits per heavy atom. The molecule has 0 amide bonds. The zero-order valence-electron chi connectivity index (χ0n) is 50.0. The monoisotopic (exact) mass is 1280 g/mol. The van der Waals surface area contributed by atoms with E-state index in [0.29, 0.717) is 51.9 Å². The summed E-state index contributed by atoms with van der Waals surface area (Å²) in [5.74, 6) is 2.41. The maximum Gasteiger partial charge on any atom is 0.328 e. The highest BCUT2D eigenvalue weighted by Crippen LogP contribution is 2.52. The maximum absolute atomic E-state index is 10.7. The topological polar surface area (TPSA) is 259 Å². The number of aliphatic carboxylic acids is 3. The lowest BCUT2D eigenvalue weighted by atomic mass is 9.96. The highest BCUT2D eigenvalue weighted by atomic mass is 32.1. The number of thiophene rings is 3. The number of benzene rings is 7. The molecular weight excluding hydrogens is 1230 g/mol. The molecule has 92 heavy (non-hydrogen) atoms. The molecule has 0 aliphatic heterocycles. The van der Waals surface area contributed by atoms with Gasteiger partial charge in [-0.3, -0.25) is 4.98 Å². The summed E-state index contributed by atoms with van der Waals surface area (Å²) in [6.45, 7) is 10.1. The summed E-state index contributed by atoms with van der Waals surface area (Å²) in [4.78, 5) is 43.3. The third-order valence-electron chi connectivity index (χ3n) is 14.1. The molecule has 12 rings (SSSR count). The summed E-state index contributed by atoms with van der Waals surface area (Å²) in [7, 11) is 0. The van der Waals surface area contributed by atoms with Crippen molar-refractivity contribution in [2.75, 3.05) is 0 Å². The number of aliphatic hydroxyl groups is 1. The summed E-state index contributed by atoms with van der Waals surface area (Å²) in [6.07, 6.45) is 10.0. The van der Waals surface area contributed by atoms with Gasteiger partial charge < -0.3 is 54.4 Å². The molecule has 12 aromatic rings. The second-order valence-corrected chi connectivity index (χ2v) is 24.6. The Kier molecular flexibility index (Phi) is 20.1. The zero-order valence-corrected chi connectivity index (χ0v) is 52.5. The van der Waals surface area contributed by atoms with E-state index in [1.807, 2.05) is 68.4 Å². The predicted molar refractivity (Wildman–Crippen MR) is 363 cm³/mol. The number of fused-ring (bicyclic) bond motifs is 3. The Labute approximate surface area is 540 Å². The number of hydrogen-bond donors (Lipinski definition) is 7. The SMILES string of the molecule is CC(C)c1ccccc1-c1sc2cc(O)ccc2c1Oc1ccc(/C=C/C(=O)O)nc1.CC(C)c1ncoc1-c1sc2cc(O)ccc2c1Oc1ccc(/C=C/C(=O)O)cc1.C[C@@H](O)c1ccccc1-c1sc2cc(O)ccc2c1Oc1ccc(/C=C/C(=O)O)cc1. The summed E-state index contributed by atoms with van der Waals surface area (Å²) in [6, 6.07) is 49.1. The Morgan fingerprint density at radius 3 is 1.32 bits per heavy atom. The number of ether oxygens (including phenoxy) is 3. The first kappa shape index (κ1) is 64.2. The molecule has 0 saturated carbocycles. The van der Waals surface area contributed by atoms with Gasteiger partial charge in [0.25, 0.3) is 0 Å². The molecule has 464 valence electrons. The van der Waals surface area contributed by atoms with Crippen LogP contribution in [0, 0.1) is 0 Å². The molecule has 0 fully saturated rings. The van der Waals surface area contributed by atoms with Crippen LogP contribution in [0.15, 0.2) is 199 Å². The Morgan fingerprint density at radius 2 is 0.880 bits per heavy atom. The van der Waals surface area contributed by atoms with E-state index in [1.54, 1.807) is 122 Å². The number of hydrogen-bond acceptors (Lipinski definition) is 16. The lowest BCUT2D eigenvalue weighted by molar-refractivity contribution is -0.132. The number of oxazole rings is 1. The minimum atomic E-state index is -1.02. The molecule has 5 aromatic heterocycles. The van der Waals surface area contributed by atoms with Crippen LogP contribution in [0.2, 0.25) is 0 Å². The van der Waals surface area contributed by atoms with Crippen molar-refractivity contribution in [3.63, 3.8) is 0 Å². The third kappa shape index (κ3) is 15.4. The van der Waals surface area contributed by atoms with Gasteiger partial charge >= 0.3 is 17.9 Å². The van der Waals surface area contributed by atoms with Gasteiger partial charge in [-0.25, -0.2) is 19.4 Å². The molecule has 0 saturated heterocycles. The normalized spacial score (nSPS) is 11.8. The highest BCUT2D eigenvalue weighted by molar-refractivity contribution is 7.23. The average Bonchev–Trinajstić information content (AvgIpc) is 1.68. The van der Waals surface area contributed by atoms with Crippen molar-refractivity contribution in [2.24, 2.45) is 0 Å². The van der Waals surface area contributed by atoms with Gasteiger partial charge in [-0.05, 0) is 156 Å². The Hall–Kier alpha value is -10.8. The minimum absolute atomic E-state index is 0.172. The highest BCUT2D eigenvalue weighted by Gasteiger charge is 2.25. The first-order valence-electron chi connectivity index (χ1n) is 28.8. The summed E-state index contributed by atoms with van der Waals surface area (Å²) in [5.41, 5.74) is 6.84. The number of carbonyl (C=O) groups is 3. The van der Waals surface area contributed by atoms with E-state index in [2.05, 4.69) is 35.9 Å². The quantitative estimate of drug-likeness (QED) is 0.0394. The average molecular weight is 1290 g/mol. The van der Waals surface area contributed by atoms with Crippen LogP contribution < -0.4 is 14.2 Å². The van der Waals surface area contributed by atoms with Gasteiger partial charge in [0.05, 0.1) is 33.4 Å². The fourth-order valence-corrected chi connectivity index (χ4v) is 13.4.